The van der Waals surface area contributed by atoms with Gasteiger partial charge in [-0.3, -0.25) is 9.59 Å². The molecular weight excluding hydrogens is 755 g/mol. The number of carbonyl (C=O) groups excluding carboxylic acids is 2. The number of nitrogens with one attached hydrogen (secondary N) is 1. The minimum atomic E-state index is -0.812. The number of amides is 1. The molecule has 0 heterocycles. The molecule has 0 aliphatic carbocycles. The van der Waals surface area contributed by atoms with Crippen molar-refractivity contribution in [2.75, 3.05) is 6.61 Å². The quantitative estimate of drug-likeness (QED) is 0.0323. The topological polar surface area (TPSA) is 95.9 Å². The Labute approximate surface area is 376 Å². The van der Waals surface area contributed by atoms with Crippen molar-refractivity contribution in [3.8, 4) is 0 Å². The van der Waals surface area contributed by atoms with E-state index in [2.05, 4.69) is 123 Å². The van der Waals surface area contributed by atoms with Crippen molar-refractivity contribution in [2.45, 2.75) is 232 Å². The molecule has 348 valence electrons. The van der Waals surface area contributed by atoms with E-state index in [4.69, 9.17) is 4.74 Å². The molecule has 0 aromatic rings. The zero-order valence-corrected chi connectivity index (χ0v) is 39.5. The highest BCUT2D eigenvalue weighted by molar-refractivity contribution is 5.77. The number of hydrogen-bond acceptors (Lipinski definition) is 5. The molecule has 3 unspecified atom stereocenters. The molecule has 0 aliphatic heterocycles. The van der Waals surface area contributed by atoms with Crippen LogP contribution in [-0.4, -0.2) is 46.9 Å². The maximum atomic E-state index is 13.2. The van der Waals surface area contributed by atoms with Gasteiger partial charge in [-0.05, 0) is 96.3 Å². The summed E-state index contributed by atoms with van der Waals surface area (Å²) >= 11 is 0. The van der Waals surface area contributed by atoms with Gasteiger partial charge < -0.3 is 20.3 Å². The van der Waals surface area contributed by atoms with Gasteiger partial charge in [0.1, 0.15) is 6.10 Å². The molecule has 0 saturated carbocycles. The van der Waals surface area contributed by atoms with Crippen LogP contribution in [0.3, 0.4) is 0 Å². The second-order valence-corrected chi connectivity index (χ2v) is 16.4. The lowest BCUT2D eigenvalue weighted by molar-refractivity contribution is -0.151. The van der Waals surface area contributed by atoms with Crippen LogP contribution >= 0.6 is 0 Å². The Hall–Kier alpha value is -3.22. The van der Waals surface area contributed by atoms with Gasteiger partial charge in [-0.2, -0.15) is 0 Å². The van der Waals surface area contributed by atoms with Crippen molar-refractivity contribution in [3.05, 3.63) is 97.2 Å². The first-order valence-electron chi connectivity index (χ1n) is 25.0. The number of rotatable bonds is 43. The second-order valence-electron chi connectivity index (χ2n) is 16.4. The van der Waals surface area contributed by atoms with Crippen molar-refractivity contribution in [1.82, 2.24) is 5.32 Å². The van der Waals surface area contributed by atoms with Gasteiger partial charge in [-0.1, -0.05) is 201 Å². The largest absolute Gasteiger partial charge is 0.462 e. The predicted octanol–water partition coefficient (Wildman–Crippen LogP) is 14.9. The van der Waals surface area contributed by atoms with Crippen LogP contribution in [0.4, 0.5) is 0 Å². The van der Waals surface area contributed by atoms with E-state index in [-0.39, 0.29) is 24.9 Å². The zero-order chi connectivity index (χ0) is 44.5. The molecule has 0 aromatic heterocycles. The van der Waals surface area contributed by atoms with Gasteiger partial charge in [-0.15, -0.1) is 0 Å². The Kier molecular flexibility index (Phi) is 45.3. The minimum absolute atomic E-state index is 0.0214. The standard InChI is InChI=1S/C55H93NO5/c1-4-7-10-13-16-19-22-25-27-28-30-33-36-39-42-45-48-55(60)61-51(46-43-40-37-34-31-29-26-23-20-17-14-11-8-5-2)49-54(59)56-52(50-57)53(58)47-44-41-38-35-32-24-21-18-15-12-9-6-3/h7-8,10-11,16-17,19-20,25-27,29-30,33-34,37,51-53,57-58H,4-6,9,12-15,18,21-24,28,31-32,35-36,38-50H2,1-3H3,(H,56,59)/b10-7+,11-8+,19-16+,20-17+,27-25+,29-26+,33-30+,37-34+. The molecule has 6 heteroatoms. The van der Waals surface area contributed by atoms with Gasteiger partial charge in [0.25, 0.3) is 0 Å². The van der Waals surface area contributed by atoms with E-state index >= 15 is 0 Å². The molecule has 3 atom stereocenters. The van der Waals surface area contributed by atoms with E-state index in [9.17, 15) is 19.8 Å². The summed E-state index contributed by atoms with van der Waals surface area (Å²) in [5, 5.41) is 23.7. The van der Waals surface area contributed by atoms with E-state index in [1.165, 1.54) is 57.8 Å². The first-order valence-corrected chi connectivity index (χ1v) is 25.0. The predicted molar refractivity (Wildman–Crippen MR) is 264 cm³/mol. The Morgan fingerprint density at radius 3 is 1.36 bits per heavy atom. The Morgan fingerprint density at radius 1 is 0.492 bits per heavy atom. The Balaban J connectivity index is 4.75. The molecule has 0 spiro atoms. The molecule has 3 N–H and O–H groups in total. The van der Waals surface area contributed by atoms with E-state index in [0.29, 0.717) is 19.3 Å². The van der Waals surface area contributed by atoms with Gasteiger partial charge >= 0.3 is 5.97 Å². The number of carbonyl (C=O) groups is 2. The molecule has 6 nitrogen and oxygen atoms in total. The lowest BCUT2D eigenvalue weighted by Crippen LogP contribution is -2.46. The maximum Gasteiger partial charge on any atom is 0.306 e. The number of aliphatic hydroxyl groups excluding tert-OH is 2. The Bertz CT molecular complexity index is 1220. The molecule has 0 aliphatic rings. The average molecular weight is 848 g/mol. The monoisotopic (exact) mass is 848 g/mol. The van der Waals surface area contributed by atoms with Gasteiger partial charge in [0, 0.05) is 6.42 Å². The van der Waals surface area contributed by atoms with Crippen molar-refractivity contribution in [3.63, 3.8) is 0 Å². The smallest absolute Gasteiger partial charge is 0.306 e. The number of esters is 1. The first kappa shape index (κ1) is 57.8. The average Bonchev–Trinajstić information content (AvgIpc) is 3.25. The summed E-state index contributed by atoms with van der Waals surface area (Å²) in [6.45, 7) is 6.21. The number of hydrogen-bond donors (Lipinski definition) is 3. The molecule has 0 radical (unpaired) electrons. The third-order valence-electron chi connectivity index (χ3n) is 10.7. The van der Waals surface area contributed by atoms with Gasteiger partial charge in [-0.25, -0.2) is 0 Å². The number of aliphatic hydroxyl groups is 2. The summed E-state index contributed by atoms with van der Waals surface area (Å²) in [4.78, 5) is 26.1. The number of ether oxygens (including phenoxy) is 1. The highest BCUT2D eigenvalue weighted by Crippen LogP contribution is 2.16. The highest BCUT2D eigenvalue weighted by Gasteiger charge is 2.24. The molecule has 1 amide bonds. The van der Waals surface area contributed by atoms with Gasteiger partial charge in [0.05, 0.1) is 25.2 Å². The fourth-order valence-electron chi connectivity index (χ4n) is 6.95. The molecular formula is C55H93NO5. The van der Waals surface area contributed by atoms with Crippen LogP contribution < -0.4 is 5.32 Å². The van der Waals surface area contributed by atoms with Crippen molar-refractivity contribution < 1.29 is 24.5 Å². The van der Waals surface area contributed by atoms with Crippen LogP contribution in [0.5, 0.6) is 0 Å². The SMILES string of the molecule is CC/C=C/C/C=C/C/C=C/C/C=C/CCCCCC(=O)OC(CCC/C=C/C/C=C/C/C=C/C/C=C/CC)CC(=O)NC(CO)C(O)CCCCCCCCCCCCCC. The summed E-state index contributed by atoms with van der Waals surface area (Å²) in [6, 6.07) is -0.730. The van der Waals surface area contributed by atoms with Crippen molar-refractivity contribution >= 4 is 11.9 Å². The summed E-state index contributed by atoms with van der Waals surface area (Å²) in [7, 11) is 0. The second kappa shape index (κ2) is 47.8. The third kappa shape index (κ3) is 43.2. The van der Waals surface area contributed by atoms with E-state index in [1.807, 2.05) is 0 Å². The summed E-state index contributed by atoms with van der Waals surface area (Å²) in [6.07, 6.45) is 63.2. The fraction of sp³-hybridized carbons (Fsp3) is 0.673. The third-order valence-corrected chi connectivity index (χ3v) is 10.7. The number of unbranched alkanes of at least 4 members (excludes halogenated alkanes) is 15. The minimum Gasteiger partial charge on any atom is -0.462 e. The maximum absolute atomic E-state index is 13.2. The summed E-state index contributed by atoms with van der Waals surface area (Å²) in [5.74, 6) is -0.574. The van der Waals surface area contributed by atoms with Crippen LogP contribution in [0, 0.1) is 0 Å². The van der Waals surface area contributed by atoms with E-state index in [0.717, 1.165) is 109 Å². The van der Waals surface area contributed by atoms with E-state index in [1.54, 1.807) is 0 Å². The number of allylic oxidation sites excluding steroid dienone is 16. The van der Waals surface area contributed by atoms with Crippen LogP contribution in [-0.2, 0) is 14.3 Å². The molecule has 0 saturated heterocycles. The molecule has 0 rings (SSSR count). The molecule has 0 bridgehead atoms. The normalized spacial score (nSPS) is 14.1. The van der Waals surface area contributed by atoms with Crippen LogP contribution in [0.1, 0.15) is 213 Å². The summed E-state index contributed by atoms with van der Waals surface area (Å²) < 4.78 is 5.88. The lowest BCUT2D eigenvalue weighted by Gasteiger charge is -2.24. The lowest BCUT2D eigenvalue weighted by atomic mass is 10.0. The molecule has 0 fully saturated rings. The zero-order valence-electron chi connectivity index (χ0n) is 39.5. The van der Waals surface area contributed by atoms with Crippen LogP contribution in [0.2, 0.25) is 0 Å². The first-order chi connectivity index (χ1) is 30.0. The molecule has 0 aromatic carbocycles. The fourth-order valence-corrected chi connectivity index (χ4v) is 6.95. The van der Waals surface area contributed by atoms with Crippen LogP contribution in [0.15, 0.2) is 97.2 Å². The summed E-state index contributed by atoms with van der Waals surface area (Å²) in [5.41, 5.74) is 0. The molecule has 61 heavy (non-hydrogen) atoms. The van der Waals surface area contributed by atoms with Gasteiger partial charge in [0.2, 0.25) is 5.91 Å². The Morgan fingerprint density at radius 2 is 0.902 bits per heavy atom. The van der Waals surface area contributed by atoms with Crippen LogP contribution in [0.25, 0.3) is 0 Å². The van der Waals surface area contributed by atoms with Crippen molar-refractivity contribution in [2.24, 2.45) is 0 Å². The highest BCUT2D eigenvalue weighted by atomic mass is 16.5. The van der Waals surface area contributed by atoms with Gasteiger partial charge in [0.15, 0.2) is 0 Å². The van der Waals surface area contributed by atoms with Crippen molar-refractivity contribution in [1.29, 1.82) is 0 Å². The van der Waals surface area contributed by atoms with E-state index < -0.39 is 18.2 Å².